The topological polar surface area (TPSA) is 102 Å². The maximum absolute atomic E-state index is 12.4. The van der Waals surface area contributed by atoms with Crippen molar-refractivity contribution in [3.63, 3.8) is 0 Å². The van der Waals surface area contributed by atoms with E-state index in [-0.39, 0.29) is 18.0 Å². The van der Waals surface area contributed by atoms with Crippen LogP contribution in [0, 0.1) is 0 Å². The third-order valence-electron chi connectivity index (χ3n) is 3.24. The number of nitrogens with zero attached hydrogens (tertiary/aromatic N) is 4. The molecule has 120 valence electrons. The number of thioether (sulfide) groups is 1. The van der Waals surface area contributed by atoms with E-state index in [1.807, 2.05) is 0 Å². The number of aryl methyl sites for hydroxylation is 1. The molecule has 0 bridgehead atoms. The van der Waals surface area contributed by atoms with Crippen LogP contribution in [0.1, 0.15) is 0 Å². The summed E-state index contributed by atoms with van der Waals surface area (Å²) in [6.07, 6.45) is 0.742. The number of aliphatic hydroxyl groups is 2. The van der Waals surface area contributed by atoms with Gasteiger partial charge in [-0.15, -0.1) is 6.58 Å². The highest BCUT2D eigenvalue weighted by Gasteiger charge is 2.19. The Balaban J connectivity index is 2.67. The Morgan fingerprint density at radius 2 is 2.05 bits per heavy atom. The summed E-state index contributed by atoms with van der Waals surface area (Å²) in [6, 6.07) is 0. The van der Waals surface area contributed by atoms with Crippen LogP contribution in [-0.4, -0.2) is 47.4 Å². The predicted octanol–water partition coefficient (Wildman–Crippen LogP) is -0.935. The summed E-state index contributed by atoms with van der Waals surface area (Å²) in [4.78, 5) is 28.7. The van der Waals surface area contributed by atoms with Crippen molar-refractivity contribution in [1.29, 1.82) is 0 Å². The Kier molecular flexibility index (Phi) is 4.89. The molecule has 0 amide bonds. The molecule has 2 rings (SSSR count). The van der Waals surface area contributed by atoms with Gasteiger partial charge in [-0.25, -0.2) is 9.78 Å². The Labute approximate surface area is 130 Å². The molecule has 2 heterocycles. The molecule has 2 aromatic heterocycles. The zero-order chi connectivity index (χ0) is 16.4. The first-order chi connectivity index (χ1) is 10.4. The van der Waals surface area contributed by atoms with Gasteiger partial charge in [-0.05, 0) is 0 Å². The lowest BCUT2D eigenvalue weighted by molar-refractivity contribution is 0.113. The standard InChI is InChI=1S/C13H18N4O4S/c1-4-5-17-9-10(14-12(17)22-7-8(19)6-18)15(2)13(21)16(3)11(9)20/h4,8,18-19H,1,5-7H2,2-3H3/t8-/m1/s1. The molecule has 0 saturated carbocycles. The lowest BCUT2D eigenvalue weighted by Crippen LogP contribution is -2.37. The van der Waals surface area contributed by atoms with Gasteiger partial charge in [0.15, 0.2) is 16.3 Å². The summed E-state index contributed by atoms with van der Waals surface area (Å²) in [5, 5.41) is 18.8. The smallest absolute Gasteiger partial charge is 0.332 e. The van der Waals surface area contributed by atoms with E-state index in [1.165, 1.54) is 23.4 Å². The van der Waals surface area contributed by atoms with Gasteiger partial charge in [0, 0.05) is 26.4 Å². The largest absolute Gasteiger partial charge is 0.394 e. The van der Waals surface area contributed by atoms with Crippen LogP contribution >= 0.6 is 11.8 Å². The average Bonchev–Trinajstić information content (AvgIpc) is 2.87. The molecular weight excluding hydrogens is 308 g/mol. The van der Waals surface area contributed by atoms with Crippen molar-refractivity contribution in [2.75, 3.05) is 12.4 Å². The number of fused-ring (bicyclic) bond motifs is 1. The number of aromatic nitrogens is 4. The highest BCUT2D eigenvalue weighted by atomic mass is 32.2. The first-order valence-corrected chi connectivity index (χ1v) is 7.59. The maximum Gasteiger partial charge on any atom is 0.332 e. The van der Waals surface area contributed by atoms with Gasteiger partial charge < -0.3 is 14.8 Å². The summed E-state index contributed by atoms with van der Waals surface area (Å²) in [5.41, 5.74) is -0.281. The summed E-state index contributed by atoms with van der Waals surface area (Å²) < 4.78 is 3.99. The van der Waals surface area contributed by atoms with Crippen molar-refractivity contribution in [3.8, 4) is 0 Å². The molecule has 0 radical (unpaired) electrons. The minimum absolute atomic E-state index is 0.227. The highest BCUT2D eigenvalue weighted by molar-refractivity contribution is 7.99. The zero-order valence-electron chi connectivity index (χ0n) is 12.4. The molecule has 0 fully saturated rings. The fraction of sp³-hybridized carbons (Fsp3) is 0.462. The fourth-order valence-corrected chi connectivity index (χ4v) is 2.98. The molecule has 2 N–H and O–H groups in total. The molecule has 0 aliphatic heterocycles. The molecule has 0 aromatic carbocycles. The molecule has 22 heavy (non-hydrogen) atoms. The molecule has 9 heteroatoms. The monoisotopic (exact) mass is 326 g/mol. The van der Waals surface area contributed by atoms with Gasteiger partial charge in [-0.1, -0.05) is 17.8 Å². The van der Waals surface area contributed by atoms with Crippen molar-refractivity contribution in [2.45, 2.75) is 17.8 Å². The van der Waals surface area contributed by atoms with Crippen LogP contribution in [0.4, 0.5) is 0 Å². The van der Waals surface area contributed by atoms with E-state index in [1.54, 1.807) is 17.7 Å². The average molecular weight is 326 g/mol. The number of hydrogen-bond acceptors (Lipinski definition) is 6. The van der Waals surface area contributed by atoms with Gasteiger partial charge in [0.2, 0.25) is 0 Å². The van der Waals surface area contributed by atoms with Crippen LogP contribution in [0.25, 0.3) is 11.2 Å². The van der Waals surface area contributed by atoms with Crippen LogP contribution in [0.15, 0.2) is 27.4 Å². The van der Waals surface area contributed by atoms with Crippen molar-refractivity contribution in [2.24, 2.45) is 14.1 Å². The summed E-state index contributed by atoms with van der Waals surface area (Å²) >= 11 is 1.21. The van der Waals surface area contributed by atoms with E-state index in [0.717, 1.165) is 4.57 Å². The lowest BCUT2D eigenvalue weighted by Gasteiger charge is -2.08. The SMILES string of the molecule is C=CCn1c(SC[C@H](O)CO)nc2c1c(=O)n(C)c(=O)n2C. The molecule has 0 spiro atoms. The molecule has 0 aliphatic rings. The van der Waals surface area contributed by atoms with Gasteiger partial charge >= 0.3 is 5.69 Å². The normalized spacial score (nSPS) is 12.7. The van der Waals surface area contributed by atoms with E-state index in [4.69, 9.17) is 5.11 Å². The molecular formula is C13H18N4O4S. The van der Waals surface area contributed by atoms with Crippen LogP contribution in [0.5, 0.6) is 0 Å². The molecule has 0 aliphatic carbocycles. The van der Waals surface area contributed by atoms with Gasteiger partial charge in [0.1, 0.15) is 0 Å². The third-order valence-corrected chi connectivity index (χ3v) is 4.36. The first-order valence-electron chi connectivity index (χ1n) is 6.61. The summed E-state index contributed by atoms with van der Waals surface area (Å²) in [6.45, 7) is 3.66. The van der Waals surface area contributed by atoms with Gasteiger partial charge in [0.05, 0.1) is 12.7 Å². The van der Waals surface area contributed by atoms with Crippen molar-refractivity contribution in [3.05, 3.63) is 33.5 Å². The summed E-state index contributed by atoms with van der Waals surface area (Å²) in [5.74, 6) is 0.227. The molecule has 8 nitrogen and oxygen atoms in total. The van der Waals surface area contributed by atoms with Crippen LogP contribution in [0.3, 0.4) is 0 Å². The van der Waals surface area contributed by atoms with E-state index in [0.29, 0.717) is 17.2 Å². The second-order valence-corrected chi connectivity index (χ2v) is 5.81. The first kappa shape index (κ1) is 16.5. The maximum atomic E-state index is 12.4. The highest BCUT2D eigenvalue weighted by Crippen LogP contribution is 2.22. The Morgan fingerprint density at radius 1 is 1.36 bits per heavy atom. The van der Waals surface area contributed by atoms with Gasteiger partial charge in [-0.2, -0.15) is 0 Å². The third kappa shape index (κ3) is 2.74. The van der Waals surface area contributed by atoms with E-state index < -0.39 is 17.4 Å². The van der Waals surface area contributed by atoms with Crippen molar-refractivity contribution < 1.29 is 10.2 Å². The molecule has 0 unspecified atom stereocenters. The summed E-state index contributed by atoms with van der Waals surface area (Å²) in [7, 11) is 2.96. The molecule has 0 saturated heterocycles. The van der Waals surface area contributed by atoms with Gasteiger partial charge in [0.25, 0.3) is 5.56 Å². The van der Waals surface area contributed by atoms with E-state index >= 15 is 0 Å². The van der Waals surface area contributed by atoms with Crippen LogP contribution in [0.2, 0.25) is 0 Å². The predicted molar refractivity (Wildman–Crippen MR) is 84.2 cm³/mol. The van der Waals surface area contributed by atoms with Crippen LogP contribution in [-0.2, 0) is 20.6 Å². The quantitative estimate of drug-likeness (QED) is 0.525. The number of rotatable bonds is 6. The van der Waals surface area contributed by atoms with Crippen LogP contribution < -0.4 is 11.2 Å². The fourth-order valence-electron chi connectivity index (χ4n) is 2.06. The number of imidazole rings is 1. The lowest BCUT2D eigenvalue weighted by atomic mass is 10.4. The molecule has 1 atom stereocenters. The Hall–Kier alpha value is -1.84. The number of aliphatic hydroxyl groups excluding tert-OH is 2. The minimum Gasteiger partial charge on any atom is -0.394 e. The van der Waals surface area contributed by atoms with Gasteiger partial charge in [-0.3, -0.25) is 13.9 Å². The number of allylic oxidation sites excluding steroid dienone is 1. The zero-order valence-corrected chi connectivity index (χ0v) is 13.2. The minimum atomic E-state index is -0.881. The number of hydrogen-bond donors (Lipinski definition) is 2. The second kappa shape index (κ2) is 6.51. The Bertz CT molecular complexity index is 820. The van der Waals surface area contributed by atoms with Crippen molar-refractivity contribution >= 4 is 22.9 Å². The van der Waals surface area contributed by atoms with Crippen molar-refractivity contribution in [1.82, 2.24) is 18.7 Å². The molecule has 2 aromatic rings. The van der Waals surface area contributed by atoms with E-state index in [9.17, 15) is 14.7 Å². The second-order valence-electron chi connectivity index (χ2n) is 4.82. The Morgan fingerprint density at radius 3 is 2.64 bits per heavy atom. The van der Waals surface area contributed by atoms with E-state index in [2.05, 4.69) is 11.6 Å².